The standard InChI is InChI=1S/C15H26N4/c1-4-8-16-14-10-15(18-12(3)17-14)19-13-7-5-6-11(2)9-13/h10-11,13H,4-9H2,1-3H3,(H2,16,17,18,19). The van der Waals surface area contributed by atoms with Crippen molar-refractivity contribution < 1.29 is 0 Å². The Morgan fingerprint density at radius 3 is 2.79 bits per heavy atom. The second kappa shape index (κ2) is 6.73. The summed E-state index contributed by atoms with van der Waals surface area (Å²) in [6.07, 6.45) is 6.30. The van der Waals surface area contributed by atoms with Crippen molar-refractivity contribution >= 4 is 11.6 Å². The number of nitrogens with zero attached hydrogens (tertiary/aromatic N) is 2. The van der Waals surface area contributed by atoms with Gasteiger partial charge in [-0.3, -0.25) is 0 Å². The van der Waals surface area contributed by atoms with Crippen molar-refractivity contribution in [2.45, 2.75) is 58.9 Å². The number of hydrogen-bond acceptors (Lipinski definition) is 4. The molecular formula is C15H26N4. The molecule has 4 nitrogen and oxygen atoms in total. The van der Waals surface area contributed by atoms with Gasteiger partial charge in [0, 0.05) is 18.7 Å². The lowest BCUT2D eigenvalue weighted by Gasteiger charge is -2.28. The molecule has 2 unspecified atom stereocenters. The van der Waals surface area contributed by atoms with Gasteiger partial charge in [0.1, 0.15) is 17.5 Å². The molecule has 0 saturated heterocycles. The molecule has 1 fully saturated rings. The molecule has 2 N–H and O–H groups in total. The Balaban J connectivity index is 2.00. The molecule has 2 atom stereocenters. The maximum absolute atomic E-state index is 4.50. The first-order valence-electron chi connectivity index (χ1n) is 7.53. The average molecular weight is 262 g/mol. The van der Waals surface area contributed by atoms with Gasteiger partial charge in [-0.1, -0.05) is 26.7 Å². The Morgan fingerprint density at radius 1 is 1.26 bits per heavy atom. The van der Waals surface area contributed by atoms with E-state index >= 15 is 0 Å². The number of nitrogens with one attached hydrogen (secondary N) is 2. The van der Waals surface area contributed by atoms with Gasteiger partial charge < -0.3 is 10.6 Å². The van der Waals surface area contributed by atoms with Crippen molar-refractivity contribution in [2.24, 2.45) is 5.92 Å². The van der Waals surface area contributed by atoms with E-state index in [1.165, 1.54) is 25.7 Å². The maximum Gasteiger partial charge on any atom is 0.132 e. The van der Waals surface area contributed by atoms with Crippen LogP contribution in [0.25, 0.3) is 0 Å². The molecule has 19 heavy (non-hydrogen) atoms. The fourth-order valence-corrected chi connectivity index (χ4v) is 2.76. The van der Waals surface area contributed by atoms with E-state index in [0.29, 0.717) is 6.04 Å². The molecule has 0 aromatic carbocycles. The van der Waals surface area contributed by atoms with Crippen LogP contribution in [0.3, 0.4) is 0 Å². The minimum Gasteiger partial charge on any atom is -0.370 e. The zero-order valence-corrected chi connectivity index (χ0v) is 12.4. The van der Waals surface area contributed by atoms with Gasteiger partial charge in [0.15, 0.2) is 0 Å². The highest BCUT2D eigenvalue weighted by molar-refractivity contribution is 5.48. The summed E-state index contributed by atoms with van der Waals surface area (Å²) in [7, 11) is 0. The number of rotatable bonds is 5. The first-order chi connectivity index (χ1) is 9.17. The molecule has 0 aliphatic heterocycles. The van der Waals surface area contributed by atoms with Crippen molar-refractivity contribution in [3.8, 4) is 0 Å². The smallest absolute Gasteiger partial charge is 0.132 e. The summed E-state index contributed by atoms with van der Waals surface area (Å²) in [5.74, 6) is 3.55. The lowest BCUT2D eigenvalue weighted by Crippen LogP contribution is -2.26. The van der Waals surface area contributed by atoms with Gasteiger partial charge in [0.2, 0.25) is 0 Å². The molecule has 1 saturated carbocycles. The summed E-state index contributed by atoms with van der Waals surface area (Å²) in [6.45, 7) is 7.40. The highest BCUT2D eigenvalue weighted by Gasteiger charge is 2.19. The van der Waals surface area contributed by atoms with Crippen LogP contribution in [0.4, 0.5) is 11.6 Å². The van der Waals surface area contributed by atoms with Gasteiger partial charge in [-0.2, -0.15) is 0 Å². The van der Waals surface area contributed by atoms with E-state index in [1.807, 2.05) is 13.0 Å². The summed E-state index contributed by atoms with van der Waals surface area (Å²) in [4.78, 5) is 8.92. The van der Waals surface area contributed by atoms with E-state index in [0.717, 1.165) is 36.3 Å². The Morgan fingerprint density at radius 2 is 2.05 bits per heavy atom. The van der Waals surface area contributed by atoms with Crippen LogP contribution in [-0.4, -0.2) is 22.6 Å². The average Bonchev–Trinajstić information content (AvgIpc) is 2.35. The van der Waals surface area contributed by atoms with Crippen LogP contribution in [0.5, 0.6) is 0 Å². The minimum atomic E-state index is 0.567. The van der Waals surface area contributed by atoms with Crippen LogP contribution in [0, 0.1) is 12.8 Å². The van der Waals surface area contributed by atoms with E-state index in [1.54, 1.807) is 0 Å². The number of aryl methyl sites for hydroxylation is 1. The first kappa shape index (κ1) is 14.1. The molecule has 0 spiro atoms. The lowest BCUT2D eigenvalue weighted by atomic mass is 9.87. The molecule has 1 aromatic rings. The van der Waals surface area contributed by atoms with Gasteiger partial charge in [-0.05, 0) is 32.1 Å². The summed E-state index contributed by atoms with van der Waals surface area (Å²) in [5, 5.41) is 6.91. The lowest BCUT2D eigenvalue weighted by molar-refractivity contribution is 0.358. The first-order valence-corrected chi connectivity index (χ1v) is 7.53. The van der Waals surface area contributed by atoms with Crippen molar-refractivity contribution in [3.63, 3.8) is 0 Å². The second-order valence-electron chi connectivity index (χ2n) is 5.73. The molecule has 0 bridgehead atoms. The highest BCUT2D eigenvalue weighted by atomic mass is 15.1. The van der Waals surface area contributed by atoms with E-state index in [-0.39, 0.29) is 0 Å². The van der Waals surface area contributed by atoms with Crippen molar-refractivity contribution in [1.82, 2.24) is 9.97 Å². The fourth-order valence-electron chi connectivity index (χ4n) is 2.76. The Labute approximate surface area is 116 Å². The molecule has 1 aliphatic rings. The SMILES string of the molecule is CCCNc1cc(NC2CCCC(C)C2)nc(C)n1. The minimum absolute atomic E-state index is 0.567. The normalized spacial score (nSPS) is 23.1. The van der Waals surface area contributed by atoms with E-state index in [9.17, 15) is 0 Å². The zero-order valence-electron chi connectivity index (χ0n) is 12.4. The highest BCUT2D eigenvalue weighted by Crippen LogP contribution is 2.26. The third-order valence-corrected chi connectivity index (χ3v) is 3.68. The second-order valence-corrected chi connectivity index (χ2v) is 5.73. The number of hydrogen-bond donors (Lipinski definition) is 2. The van der Waals surface area contributed by atoms with Gasteiger partial charge >= 0.3 is 0 Å². The Bertz CT molecular complexity index is 405. The van der Waals surface area contributed by atoms with Crippen molar-refractivity contribution in [1.29, 1.82) is 0 Å². The largest absolute Gasteiger partial charge is 0.370 e. The molecule has 2 rings (SSSR count). The third kappa shape index (κ3) is 4.37. The monoisotopic (exact) mass is 262 g/mol. The van der Waals surface area contributed by atoms with Crippen LogP contribution in [0.1, 0.15) is 51.8 Å². The maximum atomic E-state index is 4.50. The van der Waals surface area contributed by atoms with Crippen molar-refractivity contribution in [3.05, 3.63) is 11.9 Å². The van der Waals surface area contributed by atoms with Gasteiger partial charge in [-0.15, -0.1) is 0 Å². The van der Waals surface area contributed by atoms with E-state index in [2.05, 4.69) is 34.4 Å². The molecule has 1 aromatic heterocycles. The Kier molecular flexibility index (Phi) is 5.00. The van der Waals surface area contributed by atoms with Gasteiger partial charge in [0.05, 0.1) is 0 Å². The summed E-state index contributed by atoms with van der Waals surface area (Å²) in [6, 6.07) is 2.60. The molecule has 106 valence electrons. The molecule has 1 heterocycles. The van der Waals surface area contributed by atoms with Crippen LogP contribution < -0.4 is 10.6 Å². The molecule has 0 radical (unpaired) electrons. The Hall–Kier alpha value is -1.32. The summed E-state index contributed by atoms with van der Waals surface area (Å²) >= 11 is 0. The zero-order chi connectivity index (χ0) is 13.7. The predicted molar refractivity (Wildman–Crippen MR) is 80.6 cm³/mol. The third-order valence-electron chi connectivity index (χ3n) is 3.68. The van der Waals surface area contributed by atoms with E-state index in [4.69, 9.17) is 0 Å². The summed E-state index contributed by atoms with van der Waals surface area (Å²) < 4.78 is 0. The molecular weight excluding hydrogens is 236 g/mol. The van der Waals surface area contributed by atoms with Crippen LogP contribution in [-0.2, 0) is 0 Å². The fraction of sp³-hybridized carbons (Fsp3) is 0.733. The van der Waals surface area contributed by atoms with E-state index < -0.39 is 0 Å². The quantitative estimate of drug-likeness (QED) is 0.851. The number of aromatic nitrogens is 2. The van der Waals surface area contributed by atoms with Crippen molar-refractivity contribution in [2.75, 3.05) is 17.2 Å². The van der Waals surface area contributed by atoms with Crippen LogP contribution in [0.2, 0.25) is 0 Å². The number of anilines is 2. The molecule has 0 amide bonds. The van der Waals surface area contributed by atoms with Crippen LogP contribution >= 0.6 is 0 Å². The van der Waals surface area contributed by atoms with Gasteiger partial charge in [0.25, 0.3) is 0 Å². The molecule has 4 heteroatoms. The molecule has 1 aliphatic carbocycles. The summed E-state index contributed by atoms with van der Waals surface area (Å²) in [5.41, 5.74) is 0. The van der Waals surface area contributed by atoms with Gasteiger partial charge in [-0.25, -0.2) is 9.97 Å². The van der Waals surface area contributed by atoms with Crippen LogP contribution in [0.15, 0.2) is 6.07 Å². The topological polar surface area (TPSA) is 49.8 Å². The predicted octanol–water partition coefficient (Wildman–Crippen LogP) is 3.60.